The van der Waals surface area contributed by atoms with Crippen LogP contribution in [0.1, 0.15) is 129 Å². The normalized spacial score (nSPS) is 37.2. The molecule has 3 saturated carbocycles. The third-order valence-corrected chi connectivity index (χ3v) is 8.69. The predicted octanol–water partition coefficient (Wildman–Crippen LogP) is 8.79. The molecule has 6 unspecified atom stereocenters. The molecule has 0 radical (unpaired) electrons. The zero-order valence-electron chi connectivity index (χ0n) is 18.2. The Morgan fingerprint density at radius 1 is 0.500 bits per heavy atom. The number of rotatable bonds is 10. The molecule has 26 heavy (non-hydrogen) atoms. The zero-order valence-corrected chi connectivity index (χ0v) is 18.2. The van der Waals surface area contributed by atoms with Crippen LogP contribution in [0.15, 0.2) is 0 Å². The van der Waals surface area contributed by atoms with Crippen molar-refractivity contribution < 1.29 is 0 Å². The second-order valence-corrected chi connectivity index (χ2v) is 10.5. The summed E-state index contributed by atoms with van der Waals surface area (Å²) in [5.41, 5.74) is 0. The van der Waals surface area contributed by atoms with E-state index in [-0.39, 0.29) is 0 Å². The summed E-state index contributed by atoms with van der Waals surface area (Å²) in [5.74, 6) is 6.73. The van der Waals surface area contributed by atoms with Gasteiger partial charge in [-0.2, -0.15) is 0 Å². The van der Waals surface area contributed by atoms with Crippen molar-refractivity contribution in [2.24, 2.45) is 35.5 Å². The molecule has 0 heteroatoms. The van der Waals surface area contributed by atoms with Gasteiger partial charge in [-0.3, -0.25) is 0 Å². The lowest BCUT2D eigenvalue weighted by Crippen LogP contribution is -2.41. The second kappa shape index (κ2) is 11.1. The van der Waals surface area contributed by atoms with Gasteiger partial charge in [-0.15, -0.1) is 0 Å². The van der Waals surface area contributed by atoms with Crippen LogP contribution in [0.4, 0.5) is 0 Å². The van der Waals surface area contributed by atoms with Crippen LogP contribution < -0.4 is 0 Å². The van der Waals surface area contributed by atoms with Gasteiger partial charge in [0.25, 0.3) is 0 Å². The molecule has 3 aliphatic carbocycles. The molecule has 152 valence electrons. The molecule has 0 amide bonds. The Labute approximate surface area is 165 Å². The predicted molar refractivity (Wildman–Crippen MR) is 115 cm³/mol. The highest BCUT2D eigenvalue weighted by atomic mass is 14.5. The van der Waals surface area contributed by atoms with Crippen molar-refractivity contribution in [1.29, 1.82) is 0 Å². The lowest BCUT2D eigenvalue weighted by Gasteiger charge is -2.51. The SMILES string of the molecule is CCCCCCC1CCC2C(CCC3CC(CCCCCC)CCC32)C1. The highest BCUT2D eigenvalue weighted by Crippen LogP contribution is 2.54. The Bertz CT molecular complexity index is 336. The first-order chi connectivity index (χ1) is 12.8. The molecule has 0 saturated heterocycles. The molecular formula is C26H48. The van der Waals surface area contributed by atoms with Crippen molar-refractivity contribution in [2.45, 2.75) is 129 Å². The van der Waals surface area contributed by atoms with E-state index < -0.39 is 0 Å². The molecule has 0 aromatic heterocycles. The van der Waals surface area contributed by atoms with Crippen molar-refractivity contribution in [3.63, 3.8) is 0 Å². The summed E-state index contributed by atoms with van der Waals surface area (Å²) in [6, 6.07) is 0. The maximum absolute atomic E-state index is 2.34. The van der Waals surface area contributed by atoms with Crippen LogP contribution in [0.5, 0.6) is 0 Å². The Kier molecular flexibility index (Phi) is 8.86. The molecule has 3 rings (SSSR count). The third kappa shape index (κ3) is 5.75. The van der Waals surface area contributed by atoms with Crippen LogP contribution in [0.2, 0.25) is 0 Å². The minimum Gasteiger partial charge on any atom is -0.0654 e. The van der Waals surface area contributed by atoms with Gasteiger partial charge in [0.1, 0.15) is 0 Å². The molecular weight excluding hydrogens is 312 g/mol. The van der Waals surface area contributed by atoms with Gasteiger partial charge in [0.15, 0.2) is 0 Å². The maximum atomic E-state index is 2.34. The molecule has 0 aromatic rings. The van der Waals surface area contributed by atoms with E-state index in [1.54, 1.807) is 64.2 Å². The van der Waals surface area contributed by atoms with Gasteiger partial charge in [0.2, 0.25) is 0 Å². The summed E-state index contributed by atoms with van der Waals surface area (Å²) < 4.78 is 0. The maximum Gasteiger partial charge on any atom is -0.0355 e. The molecule has 0 bridgehead atoms. The first kappa shape index (κ1) is 20.7. The van der Waals surface area contributed by atoms with Crippen LogP contribution >= 0.6 is 0 Å². The lowest BCUT2D eigenvalue weighted by molar-refractivity contribution is -0.00460. The quantitative estimate of drug-likeness (QED) is 0.341. The smallest absolute Gasteiger partial charge is 0.0355 e. The molecule has 3 fully saturated rings. The van der Waals surface area contributed by atoms with E-state index in [9.17, 15) is 0 Å². The van der Waals surface area contributed by atoms with Gasteiger partial charge in [-0.1, -0.05) is 90.9 Å². The summed E-state index contributed by atoms with van der Waals surface area (Å²) >= 11 is 0. The van der Waals surface area contributed by atoms with E-state index in [2.05, 4.69) is 13.8 Å². The van der Waals surface area contributed by atoms with Crippen molar-refractivity contribution in [2.75, 3.05) is 0 Å². The van der Waals surface area contributed by atoms with Crippen LogP contribution in [-0.4, -0.2) is 0 Å². The molecule has 0 nitrogen and oxygen atoms in total. The van der Waals surface area contributed by atoms with Gasteiger partial charge in [-0.25, -0.2) is 0 Å². The monoisotopic (exact) mass is 360 g/mol. The van der Waals surface area contributed by atoms with E-state index in [0.29, 0.717) is 0 Å². The van der Waals surface area contributed by atoms with E-state index in [1.807, 2.05) is 0 Å². The van der Waals surface area contributed by atoms with Crippen LogP contribution in [-0.2, 0) is 0 Å². The van der Waals surface area contributed by atoms with Crippen LogP contribution in [0, 0.1) is 35.5 Å². The van der Waals surface area contributed by atoms with Gasteiger partial charge in [0.05, 0.1) is 0 Å². The first-order valence-corrected chi connectivity index (χ1v) is 12.8. The molecule has 0 N–H and O–H groups in total. The van der Waals surface area contributed by atoms with Crippen molar-refractivity contribution in [3.05, 3.63) is 0 Å². The summed E-state index contributed by atoms with van der Waals surface area (Å²) in [7, 11) is 0. The fraction of sp³-hybridized carbons (Fsp3) is 1.00. The van der Waals surface area contributed by atoms with Crippen LogP contribution in [0.25, 0.3) is 0 Å². The second-order valence-electron chi connectivity index (χ2n) is 10.5. The Morgan fingerprint density at radius 2 is 0.962 bits per heavy atom. The summed E-state index contributed by atoms with van der Waals surface area (Å²) in [6.07, 6.45) is 27.6. The highest BCUT2D eigenvalue weighted by Gasteiger charge is 2.44. The summed E-state index contributed by atoms with van der Waals surface area (Å²) in [4.78, 5) is 0. The standard InChI is InChI=1S/C26H48/c1-3-5-7-9-11-21-13-17-25-23(19-21)15-16-24-20-22(14-18-26(24)25)12-10-8-6-4-2/h21-26H,3-20H2,1-2H3. The highest BCUT2D eigenvalue weighted by molar-refractivity contribution is 4.94. The number of unbranched alkanes of at least 4 members (excludes halogenated alkanes) is 6. The van der Waals surface area contributed by atoms with E-state index in [4.69, 9.17) is 0 Å². The lowest BCUT2D eigenvalue weighted by atomic mass is 9.55. The fourth-order valence-electron chi connectivity index (χ4n) is 7.23. The van der Waals surface area contributed by atoms with Crippen molar-refractivity contribution in [1.82, 2.24) is 0 Å². The minimum absolute atomic E-state index is 1.10. The average Bonchev–Trinajstić information content (AvgIpc) is 2.68. The molecule has 0 aliphatic heterocycles. The molecule has 0 aromatic carbocycles. The van der Waals surface area contributed by atoms with Gasteiger partial charge >= 0.3 is 0 Å². The fourth-order valence-corrected chi connectivity index (χ4v) is 7.23. The Hall–Kier alpha value is 0. The largest absolute Gasteiger partial charge is 0.0654 e. The average molecular weight is 361 g/mol. The Morgan fingerprint density at radius 3 is 1.38 bits per heavy atom. The molecule has 0 spiro atoms. The van der Waals surface area contributed by atoms with E-state index in [0.717, 1.165) is 35.5 Å². The summed E-state index contributed by atoms with van der Waals surface area (Å²) in [5, 5.41) is 0. The third-order valence-electron chi connectivity index (χ3n) is 8.69. The van der Waals surface area contributed by atoms with Gasteiger partial charge in [-0.05, 0) is 74.0 Å². The number of hydrogen-bond acceptors (Lipinski definition) is 0. The number of fused-ring (bicyclic) bond motifs is 3. The van der Waals surface area contributed by atoms with Crippen LogP contribution in [0.3, 0.4) is 0 Å². The van der Waals surface area contributed by atoms with E-state index >= 15 is 0 Å². The van der Waals surface area contributed by atoms with E-state index in [1.165, 1.54) is 51.4 Å². The summed E-state index contributed by atoms with van der Waals surface area (Å²) in [6.45, 7) is 4.67. The van der Waals surface area contributed by atoms with Crippen molar-refractivity contribution in [3.8, 4) is 0 Å². The Balaban J connectivity index is 1.39. The zero-order chi connectivity index (χ0) is 18.2. The van der Waals surface area contributed by atoms with Gasteiger partial charge in [0, 0.05) is 0 Å². The number of hydrogen-bond donors (Lipinski definition) is 0. The first-order valence-electron chi connectivity index (χ1n) is 12.8. The topological polar surface area (TPSA) is 0 Å². The molecule has 6 atom stereocenters. The minimum atomic E-state index is 1.10. The molecule has 3 aliphatic rings. The molecule has 0 heterocycles. The van der Waals surface area contributed by atoms with Crippen molar-refractivity contribution >= 4 is 0 Å². The van der Waals surface area contributed by atoms with Gasteiger partial charge < -0.3 is 0 Å².